The summed E-state index contributed by atoms with van der Waals surface area (Å²) in [6.45, 7) is 13.1. The number of methoxy groups -OCH3 is 1. The van der Waals surface area contributed by atoms with Crippen molar-refractivity contribution in [2.24, 2.45) is 33.5 Å². The number of hydrogen-bond acceptors (Lipinski definition) is 7. The topological polar surface area (TPSA) is 104 Å². The number of carbonyl (C=O) groups is 5. The van der Waals surface area contributed by atoms with Crippen LogP contribution in [0.1, 0.15) is 87.0 Å². The number of esters is 2. The number of ether oxygens (including phenoxy) is 2. The molecule has 7 heteroatoms. The fourth-order valence-corrected chi connectivity index (χ4v) is 8.38. The molecule has 7 nitrogen and oxygen atoms in total. The van der Waals surface area contributed by atoms with E-state index in [1.807, 2.05) is 41.5 Å². The van der Waals surface area contributed by atoms with Crippen molar-refractivity contribution in [2.75, 3.05) is 7.11 Å². The highest BCUT2D eigenvalue weighted by Crippen LogP contribution is 2.69. The molecule has 0 bridgehead atoms. The summed E-state index contributed by atoms with van der Waals surface area (Å²) >= 11 is 0. The summed E-state index contributed by atoms with van der Waals surface area (Å²) in [6.07, 6.45) is 4.42. The van der Waals surface area contributed by atoms with E-state index in [4.69, 9.17) is 9.47 Å². The van der Waals surface area contributed by atoms with Crippen molar-refractivity contribution in [2.45, 2.75) is 93.1 Å². The van der Waals surface area contributed by atoms with Gasteiger partial charge in [0.2, 0.25) is 11.6 Å². The van der Waals surface area contributed by atoms with Crippen LogP contribution in [-0.2, 0) is 33.4 Å². The van der Waals surface area contributed by atoms with E-state index in [2.05, 4.69) is 0 Å². The van der Waals surface area contributed by atoms with E-state index in [1.165, 1.54) is 14.0 Å². The molecular weight excluding hydrogens is 472 g/mol. The lowest BCUT2D eigenvalue weighted by molar-refractivity contribution is -0.155. The molecule has 0 amide bonds. The maximum absolute atomic E-state index is 14.1. The van der Waals surface area contributed by atoms with Crippen molar-refractivity contribution in [3.63, 3.8) is 0 Å². The second-order valence-corrected chi connectivity index (χ2v) is 12.8. The maximum atomic E-state index is 14.1. The smallest absolute Gasteiger partial charge is 0.305 e. The van der Waals surface area contributed by atoms with Crippen LogP contribution in [0, 0.1) is 33.5 Å². The molecule has 4 rings (SSSR count). The lowest BCUT2D eigenvalue weighted by atomic mass is 9.45. The zero-order chi connectivity index (χ0) is 27.7. The SMILES string of the molecule is COC(=O)CCC(C)C1CC[C@]2(C)C3=C(C(=O)C(=O)[C@]12C)[C@@]1(C)CC[C@H](OC(C)=O)C(C)(C)C1=CC3=O. The molecule has 0 aromatic carbocycles. The number of hydrogen-bond donors (Lipinski definition) is 0. The van der Waals surface area contributed by atoms with Gasteiger partial charge in [-0.3, -0.25) is 24.0 Å². The molecule has 2 fully saturated rings. The number of rotatable bonds is 5. The molecule has 37 heavy (non-hydrogen) atoms. The second-order valence-electron chi connectivity index (χ2n) is 12.8. The predicted molar refractivity (Wildman–Crippen MR) is 136 cm³/mol. The summed E-state index contributed by atoms with van der Waals surface area (Å²) < 4.78 is 10.4. The van der Waals surface area contributed by atoms with Gasteiger partial charge in [-0.15, -0.1) is 0 Å². The number of Topliss-reactive ketones (excluding diaryl/α,β-unsaturated/α-hetero) is 2. The van der Waals surface area contributed by atoms with E-state index >= 15 is 0 Å². The second kappa shape index (κ2) is 8.74. The molecule has 202 valence electrons. The lowest BCUT2D eigenvalue weighted by Gasteiger charge is -2.56. The fraction of sp³-hybridized carbons (Fsp3) is 0.700. The van der Waals surface area contributed by atoms with Gasteiger partial charge < -0.3 is 9.47 Å². The van der Waals surface area contributed by atoms with Crippen molar-refractivity contribution in [3.05, 3.63) is 22.8 Å². The zero-order valence-electron chi connectivity index (χ0n) is 23.4. The van der Waals surface area contributed by atoms with Gasteiger partial charge in [0.1, 0.15) is 6.10 Å². The van der Waals surface area contributed by atoms with Crippen molar-refractivity contribution in [1.29, 1.82) is 0 Å². The first-order valence-corrected chi connectivity index (χ1v) is 13.4. The van der Waals surface area contributed by atoms with Gasteiger partial charge in [-0.05, 0) is 55.6 Å². The molecule has 2 saturated carbocycles. The molecule has 0 aromatic rings. The molecule has 0 aliphatic heterocycles. The standard InChI is InChI=1S/C30H40O7/c1-16(9-10-22(33)36-8)18-11-14-29(6)23-19(32)15-20-27(3,4)21(37-17(2)31)12-13-28(20,5)24(23)25(34)26(35)30(18,29)7/h15-16,18,21H,9-14H2,1-8H3/t16?,18?,21-,28-,29+,30-/m0/s1. The van der Waals surface area contributed by atoms with Crippen molar-refractivity contribution in [1.82, 2.24) is 0 Å². The average molecular weight is 513 g/mol. The Morgan fingerprint density at radius 2 is 1.68 bits per heavy atom. The van der Waals surface area contributed by atoms with Crippen LogP contribution in [-0.4, -0.2) is 42.5 Å². The summed E-state index contributed by atoms with van der Waals surface area (Å²) in [4.78, 5) is 65.7. The minimum atomic E-state index is -1.03. The Hall–Kier alpha value is -2.57. The van der Waals surface area contributed by atoms with Crippen molar-refractivity contribution in [3.8, 4) is 0 Å². The third kappa shape index (κ3) is 3.63. The Balaban J connectivity index is 1.80. The normalized spacial score (nSPS) is 37.3. The molecular formula is C30H40O7. The average Bonchev–Trinajstić information content (AvgIpc) is 3.10. The van der Waals surface area contributed by atoms with E-state index in [0.717, 1.165) is 5.57 Å². The van der Waals surface area contributed by atoms with Gasteiger partial charge in [-0.1, -0.05) is 41.5 Å². The Bertz CT molecular complexity index is 1160. The van der Waals surface area contributed by atoms with Crippen LogP contribution in [0.25, 0.3) is 0 Å². The predicted octanol–water partition coefficient (Wildman–Crippen LogP) is 4.71. The first kappa shape index (κ1) is 27.5. The highest BCUT2D eigenvalue weighted by Gasteiger charge is 2.69. The summed E-state index contributed by atoms with van der Waals surface area (Å²) in [6, 6.07) is 0. The Morgan fingerprint density at radius 1 is 1.03 bits per heavy atom. The Kier molecular flexibility index (Phi) is 6.49. The third-order valence-corrected chi connectivity index (χ3v) is 10.7. The van der Waals surface area contributed by atoms with E-state index in [9.17, 15) is 24.0 Å². The third-order valence-electron chi connectivity index (χ3n) is 10.7. The van der Waals surface area contributed by atoms with Gasteiger partial charge in [0, 0.05) is 46.2 Å². The lowest BCUT2D eigenvalue weighted by Crippen LogP contribution is -2.59. The largest absolute Gasteiger partial charge is 0.469 e. The highest BCUT2D eigenvalue weighted by molar-refractivity contribution is 6.48. The van der Waals surface area contributed by atoms with Crippen LogP contribution in [0.4, 0.5) is 0 Å². The molecule has 0 radical (unpaired) electrons. The summed E-state index contributed by atoms with van der Waals surface area (Å²) in [7, 11) is 1.36. The van der Waals surface area contributed by atoms with Gasteiger partial charge in [0.25, 0.3) is 0 Å². The quantitative estimate of drug-likeness (QED) is 0.388. The molecule has 2 unspecified atom stereocenters. The molecule has 4 aliphatic carbocycles. The van der Waals surface area contributed by atoms with E-state index in [-0.39, 0.29) is 36.0 Å². The highest BCUT2D eigenvalue weighted by atomic mass is 16.5. The molecule has 6 atom stereocenters. The molecule has 0 spiro atoms. The molecule has 4 aliphatic rings. The van der Waals surface area contributed by atoms with Gasteiger partial charge in [0.15, 0.2) is 5.78 Å². The van der Waals surface area contributed by atoms with Crippen LogP contribution in [0.2, 0.25) is 0 Å². The van der Waals surface area contributed by atoms with Crippen molar-refractivity contribution < 1.29 is 33.4 Å². The minimum absolute atomic E-state index is 0.00306. The fourth-order valence-electron chi connectivity index (χ4n) is 8.38. The van der Waals surface area contributed by atoms with Crippen LogP contribution in [0.15, 0.2) is 22.8 Å². The first-order valence-electron chi connectivity index (χ1n) is 13.4. The Labute approximate surface area is 219 Å². The summed E-state index contributed by atoms with van der Waals surface area (Å²) in [5.41, 5.74) is -1.65. The first-order chi connectivity index (χ1) is 17.1. The number of allylic oxidation sites excluding steroid dienone is 3. The molecule has 0 saturated heterocycles. The molecule has 0 N–H and O–H groups in total. The van der Waals surface area contributed by atoms with Crippen LogP contribution < -0.4 is 0 Å². The monoisotopic (exact) mass is 512 g/mol. The zero-order valence-corrected chi connectivity index (χ0v) is 23.4. The molecule has 0 aromatic heterocycles. The van der Waals surface area contributed by atoms with Crippen molar-refractivity contribution >= 4 is 29.3 Å². The van der Waals surface area contributed by atoms with Crippen LogP contribution >= 0.6 is 0 Å². The Morgan fingerprint density at radius 3 is 2.27 bits per heavy atom. The minimum Gasteiger partial charge on any atom is -0.469 e. The van der Waals surface area contributed by atoms with Gasteiger partial charge >= 0.3 is 11.9 Å². The summed E-state index contributed by atoms with van der Waals surface area (Å²) in [5.74, 6) is -1.99. The molecule has 0 heterocycles. The number of fused-ring (bicyclic) bond motifs is 4. The van der Waals surface area contributed by atoms with Crippen LogP contribution in [0.5, 0.6) is 0 Å². The van der Waals surface area contributed by atoms with Crippen LogP contribution in [0.3, 0.4) is 0 Å². The number of carbonyl (C=O) groups excluding carboxylic acids is 5. The van der Waals surface area contributed by atoms with Gasteiger partial charge in [0.05, 0.1) is 7.11 Å². The van der Waals surface area contributed by atoms with Gasteiger partial charge in [-0.25, -0.2) is 0 Å². The number of ketones is 3. The van der Waals surface area contributed by atoms with E-state index < -0.39 is 39.3 Å². The summed E-state index contributed by atoms with van der Waals surface area (Å²) in [5, 5.41) is 0. The maximum Gasteiger partial charge on any atom is 0.305 e. The van der Waals surface area contributed by atoms with Gasteiger partial charge in [-0.2, -0.15) is 0 Å². The van der Waals surface area contributed by atoms with E-state index in [0.29, 0.717) is 43.3 Å². The van der Waals surface area contributed by atoms with E-state index in [1.54, 1.807) is 6.08 Å².